The van der Waals surface area contributed by atoms with Crippen LogP contribution in [-0.4, -0.2) is 41.6 Å². The normalized spacial score (nSPS) is 25.6. The predicted molar refractivity (Wildman–Crippen MR) is 68.4 cm³/mol. The molecule has 1 saturated carbocycles. The van der Waals surface area contributed by atoms with Crippen LogP contribution < -0.4 is 5.73 Å². The number of aromatic nitrogens is 2. The van der Waals surface area contributed by atoms with E-state index in [1.807, 2.05) is 0 Å². The van der Waals surface area contributed by atoms with Gasteiger partial charge in [0.05, 0.1) is 6.20 Å². The molecular formula is C11H20N4O2S. The van der Waals surface area contributed by atoms with E-state index in [1.54, 1.807) is 14.1 Å². The van der Waals surface area contributed by atoms with Gasteiger partial charge in [-0.05, 0) is 25.7 Å². The summed E-state index contributed by atoms with van der Waals surface area (Å²) in [4.78, 5) is 0.252. The van der Waals surface area contributed by atoms with E-state index in [9.17, 15) is 8.42 Å². The molecule has 2 rings (SSSR count). The van der Waals surface area contributed by atoms with Gasteiger partial charge in [0.25, 0.3) is 0 Å². The van der Waals surface area contributed by atoms with Gasteiger partial charge >= 0.3 is 0 Å². The summed E-state index contributed by atoms with van der Waals surface area (Å²) in [6, 6.07) is 0.269. The molecule has 0 aliphatic heterocycles. The second-order valence-corrected chi connectivity index (χ2v) is 6.94. The quantitative estimate of drug-likeness (QED) is 0.858. The molecule has 7 heteroatoms. The first-order chi connectivity index (χ1) is 8.41. The van der Waals surface area contributed by atoms with E-state index in [-0.39, 0.29) is 17.0 Å². The monoisotopic (exact) mass is 272 g/mol. The van der Waals surface area contributed by atoms with Crippen LogP contribution in [0.2, 0.25) is 0 Å². The Labute approximate surface area is 108 Å². The van der Waals surface area contributed by atoms with Gasteiger partial charge < -0.3 is 5.73 Å². The largest absolute Gasteiger partial charge is 0.328 e. The SMILES string of the molecule is CN(C1CCC(N)CC1)S(=O)(=O)c1cnn(C)c1. The third-order valence-corrected chi connectivity index (χ3v) is 5.48. The maximum Gasteiger partial charge on any atom is 0.246 e. The number of aryl methyl sites for hydroxylation is 1. The highest BCUT2D eigenvalue weighted by Gasteiger charge is 2.31. The van der Waals surface area contributed by atoms with Gasteiger partial charge in [-0.3, -0.25) is 4.68 Å². The Morgan fingerprint density at radius 1 is 1.39 bits per heavy atom. The van der Waals surface area contributed by atoms with Gasteiger partial charge in [-0.1, -0.05) is 0 Å². The van der Waals surface area contributed by atoms with Gasteiger partial charge in [0.2, 0.25) is 10.0 Å². The number of nitrogens with zero attached hydrogens (tertiary/aromatic N) is 3. The average molecular weight is 272 g/mol. The van der Waals surface area contributed by atoms with Crippen LogP contribution in [0.5, 0.6) is 0 Å². The van der Waals surface area contributed by atoms with Crippen molar-refractivity contribution in [2.75, 3.05) is 7.05 Å². The van der Waals surface area contributed by atoms with E-state index in [2.05, 4.69) is 5.10 Å². The van der Waals surface area contributed by atoms with Crippen molar-refractivity contribution in [3.05, 3.63) is 12.4 Å². The summed E-state index contributed by atoms with van der Waals surface area (Å²) in [5, 5.41) is 3.91. The number of nitrogens with two attached hydrogens (primary N) is 1. The molecule has 0 saturated heterocycles. The summed E-state index contributed by atoms with van der Waals surface area (Å²) < 4.78 is 27.7. The Balaban J connectivity index is 2.15. The second kappa shape index (κ2) is 4.99. The summed E-state index contributed by atoms with van der Waals surface area (Å²) in [5.74, 6) is 0. The zero-order valence-corrected chi connectivity index (χ0v) is 11.6. The Morgan fingerprint density at radius 3 is 2.50 bits per heavy atom. The maximum atomic E-state index is 12.4. The molecule has 0 radical (unpaired) electrons. The Hall–Kier alpha value is -0.920. The van der Waals surface area contributed by atoms with Gasteiger partial charge in [-0.25, -0.2) is 8.42 Å². The molecule has 1 heterocycles. The van der Waals surface area contributed by atoms with E-state index in [4.69, 9.17) is 5.73 Å². The smallest absolute Gasteiger partial charge is 0.246 e. The van der Waals surface area contributed by atoms with E-state index >= 15 is 0 Å². The van der Waals surface area contributed by atoms with Gasteiger partial charge in [-0.2, -0.15) is 9.40 Å². The molecule has 1 aromatic heterocycles. The molecular weight excluding hydrogens is 252 g/mol. The lowest BCUT2D eigenvalue weighted by Gasteiger charge is -2.32. The average Bonchev–Trinajstić information content (AvgIpc) is 2.76. The summed E-state index contributed by atoms with van der Waals surface area (Å²) in [6.45, 7) is 0. The highest BCUT2D eigenvalue weighted by Crippen LogP contribution is 2.25. The second-order valence-electron chi connectivity index (χ2n) is 4.94. The molecule has 102 valence electrons. The maximum absolute atomic E-state index is 12.4. The van der Waals surface area contributed by atoms with Crippen molar-refractivity contribution in [3.8, 4) is 0 Å². The molecule has 0 amide bonds. The van der Waals surface area contributed by atoms with Crippen LogP contribution in [-0.2, 0) is 17.1 Å². The lowest BCUT2D eigenvalue weighted by atomic mass is 9.92. The van der Waals surface area contributed by atoms with Crippen LogP contribution in [0.1, 0.15) is 25.7 Å². The summed E-state index contributed by atoms with van der Waals surface area (Å²) >= 11 is 0. The zero-order valence-electron chi connectivity index (χ0n) is 10.8. The van der Waals surface area contributed by atoms with Crippen molar-refractivity contribution < 1.29 is 8.42 Å². The van der Waals surface area contributed by atoms with E-state index in [0.29, 0.717) is 0 Å². The number of hydrogen-bond acceptors (Lipinski definition) is 4. The third-order valence-electron chi connectivity index (χ3n) is 3.61. The molecule has 1 aliphatic rings. The fourth-order valence-corrected chi connectivity index (χ4v) is 3.76. The molecule has 1 aromatic rings. The van der Waals surface area contributed by atoms with Crippen molar-refractivity contribution in [2.24, 2.45) is 12.8 Å². The summed E-state index contributed by atoms with van der Waals surface area (Å²) in [5.41, 5.74) is 5.84. The fraction of sp³-hybridized carbons (Fsp3) is 0.727. The number of rotatable bonds is 3. The van der Waals surface area contributed by atoms with Gasteiger partial charge in [0.15, 0.2) is 0 Å². The Bertz CT molecular complexity index is 503. The minimum Gasteiger partial charge on any atom is -0.328 e. The lowest BCUT2D eigenvalue weighted by Crippen LogP contribution is -2.41. The van der Waals surface area contributed by atoms with E-state index < -0.39 is 10.0 Å². The van der Waals surface area contributed by atoms with Crippen LogP contribution in [0, 0.1) is 0 Å². The first-order valence-electron chi connectivity index (χ1n) is 6.13. The van der Waals surface area contributed by atoms with Crippen LogP contribution in [0.3, 0.4) is 0 Å². The van der Waals surface area contributed by atoms with Crippen molar-refractivity contribution >= 4 is 10.0 Å². The molecule has 0 atom stereocenters. The third kappa shape index (κ3) is 2.57. The van der Waals surface area contributed by atoms with E-state index in [1.165, 1.54) is 21.4 Å². The number of sulfonamides is 1. The van der Waals surface area contributed by atoms with Gasteiger partial charge in [0.1, 0.15) is 4.90 Å². The first-order valence-corrected chi connectivity index (χ1v) is 7.57. The summed E-state index contributed by atoms with van der Waals surface area (Å²) in [7, 11) is -0.0764. The van der Waals surface area contributed by atoms with Crippen LogP contribution in [0.15, 0.2) is 17.3 Å². The van der Waals surface area contributed by atoms with Crippen molar-refractivity contribution in [1.29, 1.82) is 0 Å². The lowest BCUT2D eigenvalue weighted by molar-refractivity contribution is 0.268. The molecule has 18 heavy (non-hydrogen) atoms. The van der Waals surface area contributed by atoms with Crippen molar-refractivity contribution in [3.63, 3.8) is 0 Å². The Kier molecular flexibility index (Phi) is 3.74. The molecule has 1 fully saturated rings. The van der Waals surface area contributed by atoms with Crippen molar-refractivity contribution in [2.45, 2.75) is 42.7 Å². The molecule has 2 N–H and O–H groups in total. The van der Waals surface area contributed by atoms with Crippen molar-refractivity contribution in [1.82, 2.24) is 14.1 Å². The molecule has 0 bridgehead atoms. The molecule has 0 unspecified atom stereocenters. The molecule has 0 spiro atoms. The zero-order chi connectivity index (χ0) is 13.3. The number of hydrogen-bond donors (Lipinski definition) is 1. The highest BCUT2D eigenvalue weighted by atomic mass is 32.2. The predicted octanol–water partition coefficient (Wildman–Crippen LogP) is 0.311. The van der Waals surface area contributed by atoms with Gasteiger partial charge in [-0.15, -0.1) is 0 Å². The van der Waals surface area contributed by atoms with Gasteiger partial charge in [0, 0.05) is 32.4 Å². The van der Waals surface area contributed by atoms with E-state index in [0.717, 1.165) is 25.7 Å². The first kappa shape index (κ1) is 13.5. The molecule has 1 aliphatic carbocycles. The molecule has 6 nitrogen and oxygen atoms in total. The fourth-order valence-electron chi connectivity index (χ4n) is 2.36. The van der Waals surface area contributed by atoms with Crippen LogP contribution >= 0.6 is 0 Å². The highest BCUT2D eigenvalue weighted by molar-refractivity contribution is 7.89. The summed E-state index contributed by atoms with van der Waals surface area (Å²) in [6.07, 6.45) is 6.35. The Morgan fingerprint density at radius 2 is 2.00 bits per heavy atom. The topological polar surface area (TPSA) is 81.2 Å². The minimum absolute atomic E-state index is 0.0509. The van der Waals surface area contributed by atoms with Crippen LogP contribution in [0.4, 0.5) is 0 Å². The van der Waals surface area contributed by atoms with Crippen LogP contribution in [0.25, 0.3) is 0 Å². The standard InChI is InChI=1S/C11H20N4O2S/c1-14-8-11(7-13-14)18(16,17)15(2)10-5-3-9(12)4-6-10/h7-10H,3-6,12H2,1-2H3. The minimum atomic E-state index is -3.43. The molecule has 0 aromatic carbocycles.